The van der Waals surface area contributed by atoms with Gasteiger partial charge in [0, 0.05) is 12.1 Å². The molecular weight excluding hydrogens is 404 g/mol. The molecule has 1 aromatic carbocycles. The Bertz CT molecular complexity index is 1250. The van der Waals surface area contributed by atoms with E-state index in [2.05, 4.69) is 53.1 Å². The fraction of sp³-hybridized carbons (Fsp3) is 0.417. The van der Waals surface area contributed by atoms with Crippen molar-refractivity contribution in [2.24, 2.45) is 0 Å². The molecular formula is C24H30N6O2. The van der Waals surface area contributed by atoms with Gasteiger partial charge < -0.3 is 9.40 Å². The van der Waals surface area contributed by atoms with Crippen LogP contribution >= 0.6 is 0 Å². The second-order valence-corrected chi connectivity index (χ2v) is 9.19. The van der Waals surface area contributed by atoms with Crippen LogP contribution in [0.4, 0.5) is 0 Å². The number of benzene rings is 1. The van der Waals surface area contributed by atoms with Crippen molar-refractivity contribution in [1.82, 2.24) is 30.1 Å². The second-order valence-electron chi connectivity index (χ2n) is 9.19. The predicted molar refractivity (Wildman–Crippen MR) is 123 cm³/mol. The number of rotatable bonds is 7. The Labute approximate surface area is 187 Å². The number of fused-ring (bicyclic) bond motifs is 1. The highest BCUT2D eigenvalue weighted by molar-refractivity contribution is 5.81. The van der Waals surface area contributed by atoms with Crippen LogP contribution in [0.5, 0.6) is 0 Å². The lowest BCUT2D eigenvalue weighted by Gasteiger charge is -2.31. The molecule has 0 aliphatic heterocycles. The first-order valence-corrected chi connectivity index (χ1v) is 10.9. The molecule has 1 atom stereocenters. The normalized spacial score (nSPS) is 13.2. The molecule has 0 aliphatic carbocycles. The van der Waals surface area contributed by atoms with Crippen LogP contribution in [0.15, 0.2) is 51.9 Å². The minimum absolute atomic E-state index is 0.0819. The number of furan rings is 1. The summed E-state index contributed by atoms with van der Waals surface area (Å²) in [6.07, 6.45) is 2.45. The van der Waals surface area contributed by atoms with Gasteiger partial charge >= 0.3 is 0 Å². The molecule has 0 saturated heterocycles. The highest BCUT2D eigenvalue weighted by atomic mass is 16.3. The number of aryl methyl sites for hydroxylation is 1. The van der Waals surface area contributed by atoms with Crippen LogP contribution in [0, 0.1) is 6.92 Å². The molecule has 4 rings (SSSR count). The summed E-state index contributed by atoms with van der Waals surface area (Å²) < 4.78 is 7.51. The fourth-order valence-corrected chi connectivity index (χ4v) is 4.13. The molecule has 0 unspecified atom stereocenters. The number of para-hydroxylation sites is 1. The standard InChI is InChI=1S/C24H30N6O2/c1-6-20(22-26-27-28-30(22)24(3,4)5)29(15-19-11-8-12-32-19)14-18-13-17-10-7-9-16(2)21(17)25-23(18)31/h7-13,20H,6,14-15H2,1-5H3,(H,25,31)/t20-/m1/s1. The Morgan fingerprint density at radius 2 is 2.00 bits per heavy atom. The van der Waals surface area contributed by atoms with E-state index in [1.54, 1.807) is 6.26 Å². The molecule has 3 aromatic heterocycles. The van der Waals surface area contributed by atoms with Gasteiger partial charge in [-0.15, -0.1) is 5.10 Å². The third kappa shape index (κ3) is 4.36. The van der Waals surface area contributed by atoms with Crippen LogP contribution in [-0.2, 0) is 18.6 Å². The van der Waals surface area contributed by atoms with Gasteiger partial charge in [0.05, 0.1) is 29.9 Å². The van der Waals surface area contributed by atoms with Crippen molar-refractivity contribution < 1.29 is 4.42 Å². The average Bonchev–Trinajstić information content (AvgIpc) is 3.42. The smallest absolute Gasteiger partial charge is 0.252 e. The second kappa shape index (κ2) is 8.70. The van der Waals surface area contributed by atoms with E-state index in [-0.39, 0.29) is 17.1 Å². The molecule has 0 radical (unpaired) electrons. The van der Waals surface area contributed by atoms with Crippen molar-refractivity contribution in [2.45, 2.75) is 65.7 Å². The third-order valence-corrected chi connectivity index (χ3v) is 5.73. The molecule has 0 aliphatic rings. The maximum atomic E-state index is 13.0. The van der Waals surface area contributed by atoms with Crippen molar-refractivity contribution >= 4 is 10.9 Å². The Hall–Kier alpha value is -3.26. The number of pyridine rings is 1. The maximum absolute atomic E-state index is 13.0. The number of hydrogen-bond donors (Lipinski definition) is 1. The van der Waals surface area contributed by atoms with E-state index in [1.165, 1.54) is 0 Å². The van der Waals surface area contributed by atoms with Crippen LogP contribution in [-0.4, -0.2) is 30.1 Å². The summed E-state index contributed by atoms with van der Waals surface area (Å²) in [7, 11) is 0. The monoisotopic (exact) mass is 434 g/mol. The summed E-state index contributed by atoms with van der Waals surface area (Å²) in [5, 5.41) is 13.6. The number of aromatic nitrogens is 5. The summed E-state index contributed by atoms with van der Waals surface area (Å²) in [5.74, 6) is 1.60. The molecule has 8 heteroatoms. The van der Waals surface area contributed by atoms with Gasteiger partial charge in [0.2, 0.25) is 0 Å². The highest BCUT2D eigenvalue weighted by Crippen LogP contribution is 2.29. The lowest BCUT2D eigenvalue weighted by molar-refractivity contribution is 0.142. The lowest BCUT2D eigenvalue weighted by Crippen LogP contribution is -2.35. The Kier molecular flexibility index (Phi) is 5.97. The van der Waals surface area contributed by atoms with Crippen LogP contribution in [0.3, 0.4) is 0 Å². The number of aromatic amines is 1. The largest absolute Gasteiger partial charge is 0.468 e. The molecule has 0 bridgehead atoms. The van der Waals surface area contributed by atoms with Gasteiger partial charge in [-0.05, 0) is 73.7 Å². The van der Waals surface area contributed by atoms with E-state index in [1.807, 2.05) is 48.0 Å². The molecule has 168 valence electrons. The first-order chi connectivity index (χ1) is 15.3. The first kappa shape index (κ1) is 22.0. The van der Waals surface area contributed by atoms with Gasteiger partial charge in [-0.1, -0.05) is 25.1 Å². The van der Waals surface area contributed by atoms with Crippen molar-refractivity contribution in [3.8, 4) is 0 Å². The Morgan fingerprint density at radius 3 is 2.69 bits per heavy atom. The maximum Gasteiger partial charge on any atom is 0.252 e. The first-order valence-electron chi connectivity index (χ1n) is 10.9. The van der Waals surface area contributed by atoms with Crippen molar-refractivity contribution in [3.05, 3.63) is 75.7 Å². The van der Waals surface area contributed by atoms with Crippen LogP contribution in [0.25, 0.3) is 10.9 Å². The zero-order valence-electron chi connectivity index (χ0n) is 19.3. The fourth-order valence-electron chi connectivity index (χ4n) is 4.13. The molecule has 0 spiro atoms. The predicted octanol–water partition coefficient (Wildman–Crippen LogP) is 4.32. The van der Waals surface area contributed by atoms with Gasteiger partial charge in [-0.2, -0.15) is 0 Å². The third-order valence-electron chi connectivity index (χ3n) is 5.73. The lowest BCUT2D eigenvalue weighted by atomic mass is 10.1. The topological polar surface area (TPSA) is 92.8 Å². The van der Waals surface area contributed by atoms with E-state index in [4.69, 9.17) is 4.42 Å². The van der Waals surface area contributed by atoms with Gasteiger partial charge in [-0.25, -0.2) is 4.68 Å². The minimum Gasteiger partial charge on any atom is -0.468 e. The average molecular weight is 435 g/mol. The minimum atomic E-state index is -0.263. The van der Waals surface area contributed by atoms with Crippen molar-refractivity contribution in [3.63, 3.8) is 0 Å². The molecule has 0 saturated carbocycles. The zero-order chi connectivity index (χ0) is 22.9. The van der Waals surface area contributed by atoms with Gasteiger partial charge in [0.1, 0.15) is 5.76 Å². The molecule has 0 amide bonds. The Morgan fingerprint density at radius 1 is 1.19 bits per heavy atom. The summed E-state index contributed by atoms with van der Waals surface area (Å²) in [5.41, 5.74) is 2.28. The van der Waals surface area contributed by atoms with E-state index >= 15 is 0 Å². The van der Waals surface area contributed by atoms with Gasteiger partial charge in [0.25, 0.3) is 5.56 Å². The number of hydrogen-bond acceptors (Lipinski definition) is 6. The van der Waals surface area contributed by atoms with E-state index < -0.39 is 0 Å². The van der Waals surface area contributed by atoms with Gasteiger partial charge in [-0.3, -0.25) is 9.69 Å². The van der Waals surface area contributed by atoms with Crippen LogP contribution in [0.2, 0.25) is 0 Å². The van der Waals surface area contributed by atoms with Crippen molar-refractivity contribution in [1.29, 1.82) is 0 Å². The van der Waals surface area contributed by atoms with Crippen molar-refractivity contribution in [2.75, 3.05) is 0 Å². The molecule has 3 heterocycles. The molecule has 0 fully saturated rings. The van der Waals surface area contributed by atoms with Crippen LogP contribution < -0.4 is 5.56 Å². The molecule has 1 N–H and O–H groups in total. The van der Waals surface area contributed by atoms with Gasteiger partial charge in [0.15, 0.2) is 5.82 Å². The molecule has 4 aromatic rings. The molecule has 8 nitrogen and oxygen atoms in total. The molecule has 32 heavy (non-hydrogen) atoms. The summed E-state index contributed by atoms with van der Waals surface area (Å²) in [6.45, 7) is 11.3. The summed E-state index contributed by atoms with van der Waals surface area (Å²) >= 11 is 0. The number of nitrogens with zero attached hydrogens (tertiary/aromatic N) is 5. The number of H-pyrrole nitrogens is 1. The van der Waals surface area contributed by atoms with E-state index in [0.29, 0.717) is 18.7 Å². The van der Waals surface area contributed by atoms with Crippen LogP contribution in [0.1, 0.15) is 62.9 Å². The Balaban J connectivity index is 1.76. The van der Waals surface area contributed by atoms with E-state index in [0.717, 1.165) is 34.5 Å². The highest BCUT2D eigenvalue weighted by Gasteiger charge is 2.30. The quantitative estimate of drug-likeness (QED) is 0.466. The number of tetrazole rings is 1. The number of nitrogens with one attached hydrogen (secondary N) is 1. The van der Waals surface area contributed by atoms with E-state index in [9.17, 15) is 4.79 Å². The zero-order valence-corrected chi connectivity index (χ0v) is 19.3. The SMILES string of the molecule is CC[C@H](c1nnnn1C(C)(C)C)N(Cc1ccco1)Cc1cc2cccc(C)c2[nH]c1=O. The summed E-state index contributed by atoms with van der Waals surface area (Å²) in [6, 6.07) is 11.7. The summed E-state index contributed by atoms with van der Waals surface area (Å²) in [4.78, 5) is 18.3.